The average Bonchev–Trinajstić information content (AvgIpc) is 2.70. The van der Waals surface area contributed by atoms with Crippen LogP contribution in [0.1, 0.15) is 19.4 Å². The zero-order valence-electron chi connectivity index (χ0n) is 9.61. The second kappa shape index (κ2) is 4.58. The van der Waals surface area contributed by atoms with Crippen molar-refractivity contribution >= 4 is 27.5 Å². The van der Waals surface area contributed by atoms with E-state index in [1.54, 1.807) is 0 Å². The molecule has 1 atom stereocenters. The minimum absolute atomic E-state index is 0.0846. The van der Waals surface area contributed by atoms with E-state index in [-0.39, 0.29) is 10.7 Å². The fourth-order valence-electron chi connectivity index (χ4n) is 2.00. The SMILES string of the molecule is CC(C)[C@@H](Br)C(=O)N1CCc2ccccc21. The number of rotatable bonds is 2. The van der Waals surface area contributed by atoms with Crippen LogP contribution in [0.2, 0.25) is 0 Å². The lowest BCUT2D eigenvalue weighted by atomic mass is 10.1. The smallest absolute Gasteiger partial charge is 0.241 e. The van der Waals surface area contributed by atoms with Gasteiger partial charge in [-0.2, -0.15) is 0 Å². The maximum atomic E-state index is 12.2. The maximum Gasteiger partial charge on any atom is 0.241 e. The molecule has 0 aliphatic carbocycles. The van der Waals surface area contributed by atoms with Crippen molar-refractivity contribution in [3.8, 4) is 0 Å². The summed E-state index contributed by atoms with van der Waals surface area (Å²) >= 11 is 3.48. The van der Waals surface area contributed by atoms with Gasteiger partial charge in [-0.1, -0.05) is 48.0 Å². The lowest BCUT2D eigenvalue weighted by molar-refractivity contribution is -0.118. The van der Waals surface area contributed by atoms with Crippen molar-refractivity contribution in [3.05, 3.63) is 29.8 Å². The van der Waals surface area contributed by atoms with E-state index in [1.807, 2.05) is 23.1 Å². The number of para-hydroxylation sites is 1. The van der Waals surface area contributed by atoms with Crippen molar-refractivity contribution in [2.75, 3.05) is 11.4 Å². The van der Waals surface area contributed by atoms with Crippen LogP contribution < -0.4 is 4.90 Å². The van der Waals surface area contributed by atoms with E-state index >= 15 is 0 Å². The number of fused-ring (bicyclic) bond motifs is 1. The maximum absolute atomic E-state index is 12.2. The van der Waals surface area contributed by atoms with Crippen LogP contribution in [0, 0.1) is 5.92 Å². The molecule has 2 nitrogen and oxygen atoms in total. The van der Waals surface area contributed by atoms with Crippen LogP contribution in [0.25, 0.3) is 0 Å². The molecule has 0 bridgehead atoms. The molecule has 1 aromatic rings. The molecule has 0 N–H and O–H groups in total. The first-order chi connectivity index (χ1) is 7.61. The van der Waals surface area contributed by atoms with E-state index in [4.69, 9.17) is 0 Å². The van der Waals surface area contributed by atoms with Crippen LogP contribution in [0.5, 0.6) is 0 Å². The van der Waals surface area contributed by atoms with Crippen LogP contribution in [-0.4, -0.2) is 17.3 Å². The van der Waals surface area contributed by atoms with Crippen molar-refractivity contribution in [2.24, 2.45) is 5.92 Å². The third-order valence-electron chi connectivity index (χ3n) is 2.97. The second-order valence-corrected chi connectivity index (χ2v) is 5.50. The van der Waals surface area contributed by atoms with Gasteiger partial charge in [-0.05, 0) is 24.0 Å². The lowest BCUT2D eigenvalue weighted by Crippen LogP contribution is -2.37. The molecular formula is C13H16BrNO. The Morgan fingerprint density at radius 1 is 1.38 bits per heavy atom. The highest BCUT2D eigenvalue weighted by Crippen LogP contribution is 2.29. The number of nitrogens with zero attached hydrogens (tertiary/aromatic N) is 1. The minimum Gasteiger partial charge on any atom is -0.311 e. The summed E-state index contributed by atoms with van der Waals surface area (Å²) in [5, 5.41) is 0. The van der Waals surface area contributed by atoms with Gasteiger partial charge in [0.05, 0.1) is 4.83 Å². The second-order valence-electron chi connectivity index (χ2n) is 4.51. The Hall–Kier alpha value is -0.830. The molecule has 0 radical (unpaired) electrons. The largest absolute Gasteiger partial charge is 0.311 e. The van der Waals surface area contributed by atoms with E-state index in [1.165, 1.54) is 5.56 Å². The molecule has 0 fully saturated rings. The molecule has 1 aliphatic heterocycles. The highest BCUT2D eigenvalue weighted by molar-refractivity contribution is 9.10. The van der Waals surface area contributed by atoms with Gasteiger partial charge in [-0.25, -0.2) is 0 Å². The summed E-state index contributed by atoms with van der Waals surface area (Å²) in [7, 11) is 0. The first kappa shape index (κ1) is 11.6. The number of alkyl halides is 1. The first-order valence-corrected chi connectivity index (χ1v) is 6.56. The third-order valence-corrected chi connectivity index (χ3v) is 4.42. The highest BCUT2D eigenvalue weighted by atomic mass is 79.9. The van der Waals surface area contributed by atoms with Gasteiger partial charge in [0.15, 0.2) is 0 Å². The van der Waals surface area contributed by atoms with Crippen LogP contribution >= 0.6 is 15.9 Å². The van der Waals surface area contributed by atoms with E-state index in [0.717, 1.165) is 18.7 Å². The van der Waals surface area contributed by atoms with Gasteiger partial charge in [0, 0.05) is 12.2 Å². The van der Waals surface area contributed by atoms with Crippen LogP contribution in [0.3, 0.4) is 0 Å². The molecular weight excluding hydrogens is 266 g/mol. The number of hydrogen-bond donors (Lipinski definition) is 0. The monoisotopic (exact) mass is 281 g/mol. The van der Waals surface area contributed by atoms with E-state index in [0.29, 0.717) is 5.92 Å². The molecule has 0 saturated heterocycles. The predicted octanol–water partition coefficient (Wildman–Crippen LogP) is 3.00. The Labute approximate surface area is 105 Å². The average molecular weight is 282 g/mol. The van der Waals surface area contributed by atoms with Crippen LogP contribution in [0.15, 0.2) is 24.3 Å². The van der Waals surface area contributed by atoms with Crippen LogP contribution in [0.4, 0.5) is 5.69 Å². The van der Waals surface area contributed by atoms with E-state index < -0.39 is 0 Å². The molecule has 86 valence electrons. The topological polar surface area (TPSA) is 20.3 Å². The number of hydrogen-bond acceptors (Lipinski definition) is 1. The van der Waals surface area contributed by atoms with Gasteiger partial charge in [0.25, 0.3) is 0 Å². The Morgan fingerprint density at radius 2 is 2.06 bits per heavy atom. The fourth-order valence-corrected chi connectivity index (χ4v) is 2.25. The number of amides is 1. The van der Waals surface area contributed by atoms with Crippen molar-refractivity contribution in [1.82, 2.24) is 0 Å². The molecule has 2 rings (SSSR count). The third kappa shape index (κ3) is 2.01. The number of anilines is 1. The molecule has 1 aliphatic rings. The molecule has 3 heteroatoms. The fraction of sp³-hybridized carbons (Fsp3) is 0.462. The lowest BCUT2D eigenvalue weighted by Gasteiger charge is -2.22. The quantitative estimate of drug-likeness (QED) is 0.764. The standard InChI is InChI=1S/C13H16BrNO/c1-9(2)12(14)13(16)15-8-7-10-5-3-4-6-11(10)15/h3-6,9,12H,7-8H2,1-2H3/t12-/m1/s1. The van der Waals surface area contributed by atoms with Crippen molar-refractivity contribution in [2.45, 2.75) is 25.1 Å². The summed E-state index contributed by atoms with van der Waals surface area (Å²) in [5.74, 6) is 0.500. The van der Waals surface area contributed by atoms with Gasteiger partial charge < -0.3 is 4.90 Å². The Kier molecular flexibility index (Phi) is 3.33. The van der Waals surface area contributed by atoms with Crippen molar-refractivity contribution in [1.29, 1.82) is 0 Å². The molecule has 1 heterocycles. The summed E-state index contributed by atoms with van der Waals surface area (Å²) in [6.07, 6.45) is 0.972. The Balaban J connectivity index is 2.22. The van der Waals surface area contributed by atoms with Crippen LogP contribution in [-0.2, 0) is 11.2 Å². The zero-order valence-corrected chi connectivity index (χ0v) is 11.2. The summed E-state index contributed by atoms with van der Waals surface area (Å²) in [5.41, 5.74) is 2.36. The molecule has 0 spiro atoms. The van der Waals surface area contributed by atoms with Gasteiger partial charge in [-0.3, -0.25) is 4.79 Å². The molecule has 16 heavy (non-hydrogen) atoms. The number of carbonyl (C=O) groups excluding carboxylic acids is 1. The van der Waals surface area contributed by atoms with E-state index in [2.05, 4.69) is 35.8 Å². The zero-order chi connectivity index (χ0) is 11.7. The number of benzene rings is 1. The molecule has 0 saturated carbocycles. The highest BCUT2D eigenvalue weighted by Gasteiger charge is 2.29. The molecule has 0 unspecified atom stereocenters. The van der Waals surface area contributed by atoms with Gasteiger partial charge in [-0.15, -0.1) is 0 Å². The van der Waals surface area contributed by atoms with Gasteiger partial charge in [0.2, 0.25) is 5.91 Å². The summed E-state index contributed by atoms with van der Waals surface area (Å²) < 4.78 is 0. The number of carbonyl (C=O) groups is 1. The van der Waals surface area contributed by atoms with Crippen molar-refractivity contribution in [3.63, 3.8) is 0 Å². The number of halogens is 1. The summed E-state index contributed by atoms with van der Waals surface area (Å²) in [4.78, 5) is 14.0. The normalized spacial score (nSPS) is 16.4. The summed E-state index contributed by atoms with van der Waals surface area (Å²) in [6.45, 7) is 4.92. The van der Waals surface area contributed by atoms with E-state index in [9.17, 15) is 4.79 Å². The minimum atomic E-state index is -0.0846. The molecule has 1 aromatic carbocycles. The summed E-state index contributed by atoms with van der Waals surface area (Å²) in [6, 6.07) is 8.14. The molecule has 1 amide bonds. The first-order valence-electron chi connectivity index (χ1n) is 5.64. The van der Waals surface area contributed by atoms with Crippen molar-refractivity contribution < 1.29 is 4.79 Å². The van der Waals surface area contributed by atoms with Gasteiger partial charge >= 0.3 is 0 Å². The predicted molar refractivity (Wildman–Crippen MR) is 70.1 cm³/mol. The molecule has 0 aromatic heterocycles. The Morgan fingerprint density at radius 3 is 2.75 bits per heavy atom. The Bertz CT molecular complexity index is 403. The van der Waals surface area contributed by atoms with Gasteiger partial charge in [0.1, 0.15) is 0 Å².